The predicted molar refractivity (Wildman–Crippen MR) is 65.2 cm³/mol. The molecule has 4 nitrogen and oxygen atoms in total. The SMILES string of the molecule is Nc1ncc(CC(=O)Nc2cc(F)cc(F)c2)s1. The van der Waals surface area contributed by atoms with Crippen molar-refractivity contribution in [1.29, 1.82) is 0 Å². The van der Waals surface area contributed by atoms with Crippen molar-refractivity contribution in [1.82, 2.24) is 4.98 Å². The summed E-state index contributed by atoms with van der Waals surface area (Å²) in [5.74, 6) is -1.87. The summed E-state index contributed by atoms with van der Waals surface area (Å²) in [6, 6.07) is 2.82. The number of carbonyl (C=O) groups is 1. The molecule has 2 rings (SSSR count). The Labute approximate surface area is 105 Å². The molecule has 7 heteroatoms. The molecule has 0 aliphatic carbocycles. The van der Waals surface area contributed by atoms with Gasteiger partial charge in [-0.15, -0.1) is 11.3 Å². The predicted octanol–water partition coefficient (Wildman–Crippen LogP) is 2.18. The third-order valence-electron chi connectivity index (χ3n) is 2.05. The molecule has 0 radical (unpaired) electrons. The lowest BCUT2D eigenvalue weighted by atomic mass is 10.3. The van der Waals surface area contributed by atoms with Gasteiger partial charge < -0.3 is 11.1 Å². The lowest BCUT2D eigenvalue weighted by molar-refractivity contribution is -0.115. The van der Waals surface area contributed by atoms with Crippen molar-refractivity contribution in [3.8, 4) is 0 Å². The molecule has 94 valence electrons. The highest BCUT2D eigenvalue weighted by Gasteiger charge is 2.08. The fourth-order valence-electron chi connectivity index (χ4n) is 1.39. The number of anilines is 2. The quantitative estimate of drug-likeness (QED) is 0.897. The summed E-state index contributed by atoms with van der Waals surface area (Å²) < 4.78 is 25.8. The molecule has 3 N–H and O–H groups in total. The number of nitrogens with zero attached hydrogens (tertiary/aromatic N) is 1. The van der Waals surface area contributed by atoms with Crippen molar-refractivity contribution in [2.45, 2.75) is 6.42 Å². The van der Waals surface area contributed by atoms with E-state index in [1.54, 1.807) is 0 Å². The maximum absolute atomic E-state index is 12.9. The second-order valence-corrected chi connectivity index (χ2v) is 4.69. The van der Waals surface area contributed by atoms with Crippen molar-refractivity contribution in [3.63, 3.8) is 0 Å². The van der Waals surface area contributed by atoms with E-state index in [4.69, 9.17) is 5.73 Å². The summed E-state index contributed by atoms with van der Waals surface area (Å²) in [5, 5.41) is 2.77. The van der Waals surface area contributed by atoms with Crippen molar-refractivity contribution in [3.05, 3.63) is 40.9 Å². The highest BCUT2D eigenvalue weighted by molar-refractivity contribution is 7.15. The molecule has 0 saturated heterocycles. The van der Waals surface area contributed by atoms with Crippen LogP contribution in [0.2, 0.25) is 0 Å². The molecule has 1 amide bonds. The number of amides is 1. The molecule has 0 fully saturated rings. The van der Waals surface area contributed by atoms with Crippen LogP contribution >= 0.6 is 11.3 Å². The Morgan fingerprint density at radius 3 is 2.56 bits per heavy atom. The molecule has 0 aliphatic rings. The van der Waals surface area contributed by atoms with Gasteiger partial charge in [-0.1, -0.05) is 0 Å². The first kappa shape index (κ1) is 12.4. The summed E-state index contributed by atoms with van der Waals surface area (Å²) >= 11 is 1.19. The summed E-state index contributed by atoms with van der Waals surface area (Å²) in [6.07, 6.45) is 1.55. The van der Waals surface area contributed by atoms with E-state index in [1.807, 2.05) is 0 Å². The van der Waals surface area contributed by atoms with Gasteiger partial charge in [0, 0.05) is 22.8 Å². The van der Waals surface area contributed by atoms with Gasteiger partial charge in [-0.05, 0) is 12.1 Å². The smallest absolute Gasteiger partial charge is 0.229 e. The maximum atomic E-state index is 12.9. The largest absolute Gasteiger partial charge is 0.375 e. The van der Waals surface area contributed by atoms with E-state index in [-0.39, 0.29) is 18.0 Å². The summed E-state index contributed by atoms with van der Waals surface area (Å²) in [7, 11) is 0. The van der Waals surface area contributed by atoms with E-state index in [9.17, 15) is 13.6 Å². The van der Waals surface area contributed by atoms with E-state index in [1.165, 1.54) is 17.5 Å². The van der Waals surface area contributed by atoms with Crippen molar-refractivity contribution in [2.24, 2.45) is 0 Å². The molecule has 1 aromatic heterocycles. The fourth-order valence-corrected chi connectivity index (χ4v) is 2.08. The van der Waals surface area contributed by atoms with Gasteiger partial charge in [0.05, 0.1) is 6.42 Å². The first-order valence-electron chi connectivity index (χ1n) is 4.99. The van der Waals surface area contributed by atoms with Gasteiger partial charge in [-0.2, -0.15) is 0 Å². The zero-order valence-corrected chi connectivity index (χ0v) is 9.93. The number of halogens is 2. The number of benzene rings is 1. The Bertz CT molecular complexity index is 565. The first-order chi connectivity index (χ1) is 8.52. The molecule has 1 aromatic carbocycles. The number of nitrogens with two attached hydrogens (primary N) is 1. The fraction of sp³-hybridized carbons (Fsp3) is 0.0909. The second kappa shape index (κ2) is 5.09. The van der Waals surface area contributed by atoms with E-state index in [2.05, 4.69) is 10.3 Å². The third-order valence-corrected chi connectivity index (χ3v) is 2.88. The van der Waals surface area contributed by atoms with Crippen LogP contribution in [-0.4, -0.2) is 10.9 Å². The molecular formula is C11H9F2N3OS. The lowest BCUT2D eigenvalue weighted by Gasteiger charge is -2.04. The Kier molecular flexibility index (Phi) is 3.52. The number of carbonyl (C=O) groups excluding carboxylic acids is 1. The zero-order valence-electron chi connectivity index (χ0n) is 9.11. The van der Waals surface area contributed by atoms with E-state index in [0.717, 1.165) is 18.2 Å². The number of rotatable bonds is 3. The van der Waals surface area contributed by atoms with Crippen LogP contribution in [-0.2, 0) is 11.2 Å². The lowest BCUT2D eigenvalue weighted by Crippen LogP contribution is -2.14. The minimum absolute atomic E-state index is 0.0625. The molecule has 18 heavy (non-hydrogen) atoms. The van der Waals surface area contributed by atoms with Crippen LogP contribution in [0.15, 0.2) is 24.4 Å². The number of nitrogens with one attached hydrogen (secondary N) is 1. The molecule has 1 heterocycles. The monoisotopic (exact) mass is 269 g/mol. The maximum Gasteiger partial charge on any atom is 0.229 e. The summed E-state index contributed by atoms with van der Waals surface area (Å²) in [6.45, 7) is 0. The van der Waals surface area contributed by atoms with Crippen LogP contribution in [0.25, 0.3) is 0 Å². The first-order valence-corrected chi connectivity index (χ1v) is 5.81. The van der Waals surface area contributed by atoms with Gasteiger partial charge >= 0.3 is 0 Å². The van der Waals surface area contributed by atoms with Gasteiger partial charge in [-0.3, -0.25) is 4.79 Å². The Morgan fingerprint density at radius 1 is 1.33 bits per heavy atom. The summed E-state index contributed by atoms with van der Waals surface area (Å²) in [4.78, 5) is 16.1. The van der Waals surface area contributed by atoms with E-state index >= 15 is 0 Å². The zero-order chi connectivity index (χ0) is 13.1. The highest BCUT2D eigenvalue weighted by Crippen LogP contribution is 2.17. The number of nitrogen functional groups attached to an aromatic ring is 1. The van der Waals surface area contributed by atoms with Gasteiger partial charge in [0.25, 0.3) is 0 Å². The van der Waals surface area contributed by atoms with Crippen LogP contribution in [0.1, 0.15) is 4.88 Å². The van der Waals surface area contributed by atoms with Crippen LogP contribution in [0.3, 0.4) is 0 Å². The number of hydrogen-bond donors (Lipinski definition) is 2. The minimum atomic E-state index is -0.743. The molecule has 0 aliphatic heterocycles. The van der Waals surface area contributed by atoms with E-state index in [0.29, 0.717) is 10.0 Å². The molecule has 0 bridgehead atoms. The van der Waals surface area contributed by atoms with Crippen LogP contribution in [0.4, 0.5) is 19.6 Å². The Balaban J connectivity index is 2.02. The molecule has 2 aromatic rings. The molecular weight excluding hydrogens is 260 g/mol. The average Bonchev–Trinajstić information content (AvgIpc) is 2.61. The average molecular weight is 269 g/mol. The molecule has 0 unspecified atom stereocenters. The van der Waals surface area contributed by atoms with Crippen molar-refractivity contribution < 1.29 is 13.6 Å². The summed E-state index contributed by atoms with van der Waals surface area (Å²) in [5.41, 5.74) is 5.50. The van der Waals surface area contributed by atoms with E-state index < -0.39 is 11.6 Å². The molecule has 0 saturated carbocycles. The Morgan fingerprint density at radius 2 is 2.00 bits per heavy atom. The van der Waals surface area contributed by atoms with Gasteiger partial charge in [0.15, 0.2) is 5.13 Å². The third kappa shape index (κ3) is 3.24. The normalized spacial score (nSPS) is 10.3. The van der Waals surface area contributed by atoms with Gasteiger partial charge in [-0.25, -0.2) is 13.8 Å². The topological polar surface area (TPSA) is 68.0 Å². The number of thiazole rings is 1. The molecule has 0 atom stereocenters. The van der Waals surface area contributed by atoms with Crippen molar-refractivity contribution >= 4 is 28.1 Å². The standard InChI is InChI=1S/C11H9F2N3OS/c12-6-1-7(13)3-8(2-6)16-10(17)4-9-5-15-11(14)18-9/h1-3,5H,4H2,(H2,14,15)(H,16,17). The second-order valence-electron chi connectivity index (χ2n) is 3.55. The van der Waals surface area contributed by atoms with Crippen LogP contribution < -0.4 is 11.1 Å². The number of hydrogen-bond acceptors (Lipinski definition) is 4. The highest BCUT2D eigenvalue weighted by atomic mass is 32.1. The number of aromatic nitrogens is 1. The van der Waals surface area contributed by atoms with Crippen molar-refractivity contribution in [2.75, 3.05) is 11.1 Å². The molecule has 0 spiro atoms. The van der Waals surface area contributed by atoms with Crippen LogP contribution in [0.5, 0.6) is 0 Å². The van der Waals surface area contributed by atoms with Crippen LogP contribution in [0, 0.1) is 11.6 Å². The van der Waals surface area contributed by atoms with Gasteiger partial charge in [0.2, 0.25) is 5.91 Å². The Hall–Kier alpha value is -2.02. The minimum Gasteiger partial charge on any atom is -0.375 e. The van der Waals surface area contributed by atoms with Gasteiger partial charge in [0.1, 0.15) is 11.6 Å².